The SMILES string of the molecule is Cc1ccc(S(=O)(=O)NCC2CCCCC2C)cc1CO. The standard InChI is InChI=1S/C16H25NO3S/c1-12-5-3-4-6-14(12)10-17-21(19,20)16-8-7-13(2)15(9-16)11-18/h7-9,12,14,17-18H,3-6,10-11H2,1-2H3. The molecule has 1 aromatic carbocycles. The third kappa shape index (κ3) is 4.05. The fraction of sp³-hybridized carbons (Fsp3) is 0.625. The molecule has 2 unspecified atom stereocenters. The van der Waals surface area contributed by atoms with E-state index in [0.29, 0.717) is 23.9 Å². The molecule has 118 valence electrons. The van der Waals surface area contributed by atoms with Gasteiger partial charge >= 0.3 is 0 Å². The number of aliphatic hydroxyl groups excluding tert-OH is 1. The zero-order chi connectivity index (χ0) is 15.5. The molecule has 1 fully saturated rings. The highest BCUT2D eigenvalue weighted by molar-refractivity contribution is 7.89. The Bertz CT molecular complexity index is 583. The van der Waals surface area contributed by atoms with Crippen LogP contribution in [0.1, 0.15) is 43.7 Å². The van der Waals surface area contributed by atoms with Crippen molar-refractivity contribution in [1.29, 1.82) is 0 Å². The molecular weight excluding hydrogens is 286 g/mol. The first-order chi connectivity index (χ1) is 9.94. The van der Waals surface area contributed by atoms with Gasteiger partial charge in [-0.05, 0) is 48.4 Å². The third-order valence-electron chi connectivity index (χ3n) is 4.63. The van der Waals surface area contributed by atoms with Gasteiger partial charge in [0.15, 0.2) is 0 Å². The number of sulfonamides is 1. The van der Waals surface area contributed by atoms with Crippen LogP contribution in [0.25, 0.3) is 0 Å². The fourth-order valence-electron chi connectivity index (χ4n) is 2.98. The van der Waals surface area contributed by atoms with Crippen molar-refractivity contribution in [3.63, 3.8) is 0 Å². The minimum Gasteiger partial charge on any atom is -0.392 e. The number of rotatable bonds is 5. The topological polar surface area (TPSA) is 66.4 Å². The number of hydrogen-bond donors (Lipinski definition) is 2. The van der Waals surface area contributed by atoms with E-state index in [2.05, 4.69) is 11.6 Å². The van der Waals surface area contributed by atoms with Crippen molar-refractivity contribution >= 4 is 10.0 Å². The lowest BCUT2D eigenvalue weighted by Gasteiger charge is -2.28. The van der Waals surface area contributed by atoms with E-state index in [1.54, 1.807) is 18.2 Å². The second kappa shape index (κ2) is 6.90. The largest absolute Gasteiger partial charge is 0.392 e. The Labute approximate surface area is 127 Å². The van der Waals surface area contributed by atoms with Gasteiger partial charge in [0.25, 0.3) is 0 Å². The molecule has 0 bridgehead atoms. The van der Waals surface area contributed by atoms with Crippen LogP contribution in [0.4, 0.5) is 0 Å². The highest BCUT2D eigenvalue weighted by atomic mass is 32.2. The van der Waals surface area contributed by atoms with Crippen molar-refractivity contribution in [3.05, 3.63) is 29.3 Å². The van der Waals surface area contributed by atoms with E-state index in [1.165, 1.54) is 19.3 Å². The van der Waals surface area contributed by atoms with E-state index in [4.69, 9.17) is 0 Å². The van der Waals surface area contributed by atoms with Crippen LogP contribution in [0.3, 0.4) is 0 Å². The monoisotopic (exact) mass is 311 g/mol. The lowest BCUT2D eigenvalue weighted by atomic mass is 9.81. The van der Waals surface area contributed by atoms with Crippen molar-refractivity contribution < 1.29 is 13.5 Å². The highest BCUT2D eigenvalue weighted by Gasteiger charge is 2.24. The van der Waals surface area contributed by atoms with Gasteiger partial charge in [-0.2, -0.15) is 0 Å². The quantitative estimate of drug-likeness (QED) is 0.878. The minimum absolute atomic E-state index is 0.144. The summed E-state index contributed by atoms with van der Waals surface area (Å²) in [5.74, 6) is 1.00. The number of aryl methyl sites for hydroxylation is 1. The predicted molar refractivity (Wildman–Crippen MR) is 83.4 cm³/mol. The second-order valence-electron chi connectivity index (χ2n) is 6.12. The minimum atomic E-state index is -3.49. The van der Waals surface area contributed by atoms with Crippen LogP contribution in [-0.2, 0) is 16.6 Å². The van der Waals surface area contributed by atoms with Gasteiger partial charge in [0, 0.05) is 6.54 Å². The summed E-state index contributed by atoms with van der Waals surface area (Å²) in [6.07, 6.45) is 4.73. The molecule has 0 aromatic heterocycles. The number of aliphatic hydroxyl groups is 1. The Hall–Kier alpha value is -0.910. The number of nitrogens with one attached hydrogen (secondary N) is 1. The summed E-state index contributed by atoms with van der Waals surface area (Å²) < 4.78 is 27.5. The average molecular weight is 311 g/mol. The summed E-state index contributed by atoms with van der Waals surface area (Å²) in [5, 5.41) is 9.26. The fourth-order valence-corrected chi connectivity index (χ4v) is 4.13. The van der Waals surface area contributed by atoms with Gasteiger partial charge < -0.3 is 5.11 Å². The van der Waals surface area contributed by atoms with Crippen molar-refractivity contribution in [1.82, 2.24) is 4.72 Å². The van der Waals surface area contributed by atoms with Gasteiger partial charge in [-0.3, -0.25) is 0 Å². The molecule has 2 atom stereocenters. The van der Waals surface area contributed by atoms with Crippen LogP contribution in [-0.4, -0.2) is 20.1 Å². The highest BCUT2D eigenvalue weighted by Crippen LogP contribution is 2.29. The van der Waals surface area contributed by atoms with Crippen LogP contribution in [0.15, 0.2) is 23.1 Å². The van der Waals surface area contributed by atoms with E-state index >= 15 is 0 Å². The Balaban J connectivity index is 2.07. The van der Waals surface area contributed by atoms with E-state index in [0.717, 1.165) is 12.0 Å². The Morgan fingerprint density at radius 1 is 1.29 bits per heavy atom. The van der Waals surface area contributed by atoms with Crippen LogP contribution in [0.5, 0.6) is 0 Å². The molecule has 1 aliphatic rings. The average Bonchev–Trinajstić information content (AvgIpc) is 2.46. The smallest absolute Gasteiger partial charge is 0.240 e. The molecule has 1 aliphatic carbocycles. The van der Waals surface area contributed by atoms with Gasteiger partial charge in [0.1, 0.15) is 0 Å². The van der Waals surface area contributed by atoms with Gasteiger partial charge in [-0.1, -0.05) is 32.3 Å². The van der Waals surface area contributed by atoms with Crippen molar-refractivity contribution in [2.75, 3.05) is 6.54 Å². The van der Waals surface area contributed by atoms with Gasteiger partial charge in [-0.25, -0.2) is 13.1 Å². The molecule has 2 rings (SSSR count). The second-order valence-corrected chi connectivity index (χ2v) is 7.89. The summed E-state index contributed by atoms with van der Waals surface area (Å²) in [5.41, 5.74) is 1.56. The van der Waals surface area contributed by atoms with E-state index < -0.39 is 10.0 Å². The van der Waals surface area contributed by atoms with Crippen molar-refractivity contribution in [3.8, 4) is 0 Å². The lowest BCUT2D eigenvalue weighted by molar-refractivity contribution is 0.257. The molecule has 0 heterocycles. The number of benzene rings is 1. The first kappa shape index (κ1) is 16.5. The van der Waals surface area contributed by atoms with E-state index in [9.17, 15) is 13.5 Å². The van der Waals surface area contributed by atoms with Gasteiger partial charge in [0.2, 0.25) is 10.0 Å². The molecule has 1 aromatic rings. The van der Waals surface area contributed by atoms with Gasteiger partial charge in [-0.15, -0.1) is 0 Å². The molecule has 2 N–H and O–H groups in total. The first-order valence-corrected chi connectivity index (χ1v) is 9.12. The van der Waals surface area contributed by atoms with Crippen molar-refractivity contribution in [2.24, 2.45) is 11.8 Å². The summed E-state index contributed by atoms with van der Waals surface area (Å²) in [4.78, 5) is 0.237. The zero-order valence-electron chi connectivity index (χ0n) is 12.8. The van der Waals surface area contributed by atoms with Crippen LogP contribution in [0, 0.1) is 18.8 Å². The molecular formula is C16H25NO3S. The molecule has 1 saturated carbocycles. The molecule has 0 aliphatic heterocycles. The predicted octanol–water partition coefficient (Wildman–Crippen LogP) is 2.59. The maximum absolute atomic E-state index is 12.4. The maximum Gasteiger partial charge on any atom is 0.240 e. The molecule has 0 amide bonds. The molecule has 4 nitrogen and oxygen atoms in total. The Kier molecular flexibility index (Phi) is 5.41. The summed E-state index contributed by atoms with van der Waals surface area (Å²) >= 11 is 0. The number of hydrogen-bond acceptors (Lipinski definition) is 3. The van der Waals surface area contributed by atoms with Gasteiger partial charge in [0.05, 0.1) is 11.5 Å². The Morgan fingerprint density at radius 2 is 2.00 bits per heavy atom. The third-order valence-corrected chi connectivity index (χ3v) is 6.05. The molecule has 0 saturated heterocycles. The molecule has 0 radical (unpaired) electrons. The van der Waals surface area contributed by atoms with Crippen LogP contribution in [0.2, 0.25) is 0 Å². The lowest BCUT2D eigenvalue weighted by Crippen LogP contribution is -2.33. The van der Waals surface area contributed by atoms with Crippen LogP contribution < -0.4 is 4.72 Å². The summed E-state index contributed by atoms with van der Waals surface area (Å²) in [6, 6.07) is 4.90. The maximum atomic E-state index is 12.4. The normalized spacial score (nSPS) is 23.2. The first-order valence-electron chi connectivity index (χ1n) is 7.64. The zero-order valence-corrected chi connectivity index (χ0v) is 13.6. The van der Waals surface area contributed by atoms with Crippen LogP contribution >= 0.6 is 0 Å². The van der Waals surface area contributed by atoms with E-state index in [-0.39, 0.29) is 11.5 Å². The summed E-state index contributed by atoms with van der Waals surface area (Å²) in [7, 11) is -3.49. The molecule has 0 spiro atoms. The molecule has 21 heavy (non-hydrogen) atoms. The summed E-state index contributed by atoms with van der Waals surface area (Å²) in [6.45, 7) is 4.42. The van der Waals surface area contributed by atoms with Crippen molar-refractivity contribution in [2.45, 2.75) is 51.0 Å². The Morgan fingerprint density at radius 3 is 2.67 bits per heavy atom. The van der Waals surface area contributed by atoms with E-state index in [1.807, 2.05) is 6.92 Å². The molecule has 5 heteroatoms.